The van der Waals surface area contributed by atoms with Crippen molar-refractivity contribution < 1.29 is 17.9 Å². The molecule has 1 heterocycles. The van der Waals surface area contributed by atoms with Gasteiger partial charge in [0, 0.05) is 24.3 Å². The number of anilines is 1. The molecule has 3 rings (SSSR count). The number of nitrogens with one attached hydrogen (secondary N) is 1. The summed E-state index contributed by atoms with van der Waals surface area (Å²) in [7, 11) is -3.66. The van der Waals surface area contributed by atoms with Crippen LogP contribution in [0.4, 0.5) is 5.69 Å². The van der Waals surface area contributed by atoms with Gasteiger partial charge >= 0.3 is 0 Å². The SMILES string of the molecule is Cc1ccc(S(=O)(=O)N2CCOCC2)cc1C(=O)Nc1ccc(C(C)(C)C)cc1. The van der Waals surface area contributed by atoms with Crippen molar-refractivity contribution in [2.75, 3.05) is 31.6 Å². The van der Waals surface area contributed by atoms with E-state index in [2.05, 4.69) is 26.1 Å². The Bertz CT molecular complexity index is 986. The molecule has 1 amide bonds. The molecule has 1 saturated heterocycles. The number of morpholine rings is 1. The fourth-order valence-electron chi connectivity index (χ4n) is 3.19. The van der Waals surface area contributed by atoms with Crippen LogP contribution in [0.15, 0.2) is 47.4 Å². The lowest BCUT2D eigenvalue weighted by Crippen LogP contribution is -2.40. The minimum absolute atomic E-state index is 0.0291. The number of benzene rings is 2. The molecule has 0 aromatic heterocycles. The number of carbonyl (C=O) groups excluding carboxylic acids is 1. The van der Waals surface area contributed by atoms with Gasteiger partial charge in [0.15, 0.2) is 0 Å². The van der Waals surface area contributed by atoms with Crippen LogP contribution in [-0.2, 0) is 20.2 Å². The van der Waals surface area contributed by atoms with E-state index in [0.717, 1.165) is 5.56 Å². The number of ether oxygens (including phenoxy) is 1. The molecule has 1 aliphatic heterocycles. The number of rotatable bonds is 4. The predicted octanol–water partition coefficient (Wildman–Crippen LogP) is 3.57. The highest BCUT2D eigenvalue weighted by molar-refractivity contribution is 7.89. The molecule has 0 atom stereocenters. The molecule has 6 nitrogen and oxygen atoms in total. The summed E-state index contributed by atoms with van der Waals surface area (Å²) in [6.07, 6.45) is 0. The highest BCUT2D eigenvalue weighted by Gasteiger charge is 2.27. The highest BCUT2D eigenvalue weighted by atomic mass is 32.2. The van der Waals surface area contributed by atoms with Crippen molar-refractivity contribution >= 4 is 21.6 Å². The van der Waals surface area contributed by atoms with Gasteiger partial charge in [-0.3, -0.25) is 4.79 Å². The molecule has 0 spiro atoms. The molecule has 1 aliphatic rings. The van der Waals surface area contributed by atoms with Gasteiger partial charge in [0.2, 0.25) is 10.0 Å². The Morgan fingerprint density at radius 2 is 1.66 bits per heavy atom. The van der Waals surface area contributed by atoms with Crippen molar-refractivity contribution in [3.05, 3.63) is 59.2 Å². The van der Waals surface area contributed by atoms with Crippen molar-refractivity contribution in [2.24, 2.45) is 0 Å². The van der Waals surface area contributed by atoms with E-state index in [1.54, 1.807) is 19.1 Å². The fraction of sp³-hybridized carbons (Fsp3) is 0.409. The quantitative estimate of drug-likeness (QED) is 0.827. The van der Waals surface area contributed by atoms with Crippen LogP contribution in [0.3, 0.4) is 0 Å². The zero-order chi connectivity index (χ0) is 21.2. The summed E-state index contributed by atoms with van der Waals surface area (Å²) < 4.78 is 32.4. The Balaban J connectivity index is 1.83. The molecule has 0 unspecified atom stereocenters. The topological polar surface area (TPSA) is 75.7 Å². The molecule has 2 aromatic carbocycles. The first-order valence-electron chi connectivity index (χ1n) is 9.69. The van der Waals surface area contributed by atoms with Crippen molar-refractivity contribution in [2.45, 2.75) is 38.0 Å². The maximum Gasteiger partial charge on any atom is 0.255 e. The molecule has 0 bridgehead atoms. The summed E-state index contributed by atoms with van der Waals surface area (Å²) in [6.45, 7) is 9.57. The number of sulfonamides is 1. The van der Waals surface area contributed by atoms with Gasteiger partial charge in [0.1, 0.15) is 0 Å². The van der Waals surface area contributed by atoms with E-state index >= 15 is 0 Å². The smallest absolute Gasteiger partial charge is 0.255 e. The monoisotopic (exact) mass is 416 g/mol. The molecule has 0 saturated carbocycles. The summed E-state index contributed by atoms with van der Waals surface area (Å²) in [5, 5.41) is 2.87. The molecule has 1 fully saturated rings. The lowest BCUT2D eigenvalue weighted by Gasteiger charge is -2.26. The maximum absolute atomic E-state index is 12.9. The molecule has 156 valence electrons. The Hall–Kier alpha value is -2.22. The van der Waals surface area contributed by atoms with Gasteiger partial charge in [-0.15, -0.1) is 0 Å². The van der Waals surface area contributed by atoms with Crippen molar-refractivity contribution in [1.29, 1.82) is 0 Å². The first kappa shape index (κ1) is 21.5. The van der Waals surface area contributed by atoms with Crippen LogP contribution in [0, 0.1) is 6.92 Å². The molecule has 2 aromatic rings. The first-order chi connectivity index (χ1) is 13.6. The first-order valence-corrected chi connectivity index (χ1v) is 11.1. The minimum atomic E-state index is -3.66. The van der Waals surface area contributed by atoms with Gasteiger partial charge in [0.05, 0.1) is 18.1 Å². The van der Waals surface area contributed by atoms with Crippen LogP contribution < -0.4 is 5.32 Å². The largest absolute Gasteiger partial charge is 0.379 e. The van der Waals surface area contributed by atoms with Crippen molar-refractivity contribution in [3.8, 4) is 0 Å². The number of nitrogens with zero attached hydrogens (tertiary/aromatic N) is 1. The second kappa shape index (κ2) is 8.26. The molecular weight excluding hydrogens is 388 g/mol. The van der Waals surface area contributed by atoms with Gasteiger partial charge in [-0.2, -0.15) is 4.31 Å². The highest BCUT2D eigenvalue weighted by Crippen LogP contribution is 2.25. The van der Waals surface area contributed by atoms with Gasteiger partial charge in [-0.25, -0.2) is 8.42 Å². The average Bonchev–Trinajstić information content (AvgIpc) is 2.68. The van der Waals surface area contributed by atoms with Crippen LogP contribution in [0.5, 0.6) is 0 Å². The number of hydrogen-bond donors (Lipinski definition) is 1. The number of carbonyl (C=O) groups is 1. The summed E-state index contributed by atoms with van der Waals surface area (Å²) in [4.78, 5) is 13.0. The van der Waals surface area contributed by atoms with Crippen LogP contribution in [-0.4, -0.2) is 44.9 Å². The molecule has 29 heavy (non-hydrogen) atoms. The third kappa shape index (κ3) is 4.86. The van der Waals surface area contributed by atoms with E-state index in [1.165, 1.54) is 15.9 Å². The van der Waals surface area contributed by atoms with Crippen LogP contribution in [0.2, 0.25) is 0 Å². The Kier molecular flexibility index (Phi) is 6.12. The average molecular weight is 417 g/mol. The number of aryl methyl sites for hydroxylation is 1. The Labute approximate surface area is 172 Å². The summed E-state index contributed by atoms with van der Waals surface area (Å²) in [6, 6.07) is 12.4. The second-order valence-electron chi connectivity index (χ2n) is 8.27. The third-order valence-corrected chi connectivity index (χ3v) is 6.96. The Morgan fingerprint density at radius 1 is 1.03 bits per heavy atom. The predicted molar refractivity (Wildman–Crippen MR) is 114 cm³/mol. The summed E-state index contributed by atoms with van der Waals surface area (Å²) >= 11 is 0. The molecule has 0 aliphatic carbocycles. The van der Waals surface area contributed by atoms with Gasteiger partial charge in [0.25, 0.3) is 5.91 Å². The Morgan fingerprint density at radius 3 is 2.24 bits per heavy atom. The zero-order valence-corrected chi connectivity index (χ0v) is 18.2. The number of hydrogen-bond acceptors (Lipinski definition) is 4. The zero-order valence-electron chi connectivity index (χ0n) is 17.4. The van der Waals surface area contributed by atoms with E-state index < -0.39 is 10.0 Å². The van der Waals surface area contributed by atoms with E-state index in [1.807, 2.05) is 24.3 Å². The molecule has 1 N–H and O–H groups in total. The lowest BCUT2D eigenvalue weighted by atomic mass is 9.87. The fourth-order valence-corrected chi connectivity index (χ4v) is 4.63. The molecule has 7 heteroatoms. The normalized spacial score (nSPS) is 15.9. The number of amides is 1. The summed E-state index contributed by atoms with van der Waals surface area (Å²) in [5.74, 6) is -0.329. The van der Waals surface area contributed by atoms with E-state index in [4.69, 9.17) is 4.74 Å². The summed E-state index contributed by atoms with van der Waals surface area (Å²) in [5.41, 5.74) is 2.93. The van der Waals surface area contributed by atoms with Crippen molar-refractivity contribution in [3.63, 3.8) is 0 Å². The standard InChI is InChI=1S/C22H28N2O4S/c1-16-5-10-19(29(26,27)24-11-13-28-14-12-24)15-20(16)21(25)23-18-8-6-17(7-9-18)22(2,3)4/h5-10,15H,11-14H2,1-4H3,(H,23,25). The molecular formula is C22H28N2O4S. The van der Waals surface area contributed by atoms with Crippen molar-refractivity contribution in [1.82, 2.24) is 4.31 Å². The van der Waals surface area contributed by atoms with E-state index in [-0.39, 0.29) is 16.2 Å². The van der Waals surface area contributed by atoms with Crippen LogP contribution in [0.1, 0.15) is 42.3 Å². The maximum atomic E-state index is 12.9. The van der Waals surface area contributed by atoms with Gasteiger partial charge in [-0.1, -0.05) is 39.0 Å². The third-order valence-electron chi connectivity index (χ3n) is 5.07. The second-order valence-corrected chi connectivity index (χ2v) is 10.2. The minimum Gasteiger partial charge on any atom is -0.379 e. The lowest BCUT2D eigenvalue weighted by molar-refractivity contribution is 0.0730. The van der Waals surface area contributed by atoms with Crippen LogP contribution >= 0.6 is 0 Å². The van der Waals surface area contributed by atoms with E-state index in [0.29, 0.717) is 37.6 Å². The van der Waals surface area contributed by atoms with Gasteiger partial charge < -0.3 is 10.1 Å². The van der Waals surface area contributed by atoms with E-state index in [9.17, 15) is 13.2 Å². The van der Waals surface area contributed by atoms with Gasteiger partial charge in [-0.05, 0) is 47.7 Å². The molecule has 0 radical (unpaired) electrons. The van der Waals surface area contributed by atoms with Crippen LogP contribution in [0.25, 0.3) is 0 Å².